The maximum Gasteiger partial charge on any atom is 0.413 e. The van der Waals surface area contributed by atoms with Gasteiger partial charge in [0.25, 0.3) is 0 Å². The van der Waals surface area contributed by atoms with Crippen LogP contribution in [-0.2, 0) is 4.74 Å². The highest BCUT2D eigenvalue weighted by molar-refractivity contribution is 6.41. The van der Waals surface area contributed by atoms with Gasteiger partial charge in [-0.1, -0.05) is 23.2 Å². The van der Waals surface area contributed by atoms with Crippen molar-refractivity contribution in [2.24, 2.45) is 0 Å². The van der Waals surface area contributed by atoms with Crippen molar-refractivity contribution in [3.05, 3.63) is 22.3 Å². The Bertz CT molecular complexity index is 402. The van der Waals surface area contributed by atoms with E-state index in [1.165, 1.54) is 6.07 Å². The Morgan fingerprint density at radius 3 is 2.50 bits per heavy atom. The molecule has 0 aliphatic heterocycles. The summed E-state index contributed by atoms with van der Waals surface area (Å²) in [5, 5.41) is 2.92. The van der Waals surface area contributed by atoms with Gasteiger partial charge < -0.3 is 4.74 Å². The number of carbonyl (C=O) groups is 1. The minimum Gasteiger partial charge on any atom is -0.444 e. The molecule has 1 aromatic rings. The van der Waals surface area contributed by atoms with Gasteiger partial charge in [0.1, 0.15) is 16.6 Å². The van der Waals surface area contributed by atoms with Gasteiger partial charge in [-0.2, -0.15) is 0 Å². The molecule has 0 radical (unpaired) electrons. The van der Waals surface area contributed by atoms with Crippen LogP contribution in [0, 0.1) is 0 Å². The standard InChI is InChI=1S/C10H12Cl2N2O2/c1-10(2,3)16-9(15)14-7-5-4-6(11)8(12)13-7/h4-5H,1-3H3,(H,13,14,15). The van der Waals surface area contributed by atoms with E-state index in [9.17, 15) is 4.79 Å². The van der Waals surface area contributed by atoms with Crippen molar-refractivity contribution in [3.63, 3.8) is 0 Å². The van der Waals surface area contributed by atoms with Gasteiger partial charge in [0, 0.05) is 0 Å². The summed E-state index contributed by atoms with van der Waals surface area (Å²) >= 11 is 11.4. The number of ether oxygens (including phenoxy) is 1. The second kappa shape index (κ2) is 4.89. The number of carbonyl (C=O) groups excluding carboxylic acids is 1. The third-order valence-corrected chi connectivity index (χ3v) is 2.12. The molecule has 0 saturated carbocycles. The number of amides is 1. The first-order valence-electron chi connectivity index (χ1n) is 4.60. The van der Waals surface area contributed by atoms with Crippen molar-refractivity contribution in [2.45, 2.75) is 26.4 Å². The second-order valence-corrected chi connectivity index (χ2v) is 4.86. The molecule has 0 aliphatic rings. The highest BCUT2D eigenvalue weighted by Gasteiger charge is 2.16. The molecule has 1 amide bonds. The molecule has 1 rings (SSSR count). The minimum absolute atomic E-state index is 0.134. The molecule has 16 heavy (non-hydrogen) atoms. The van der Waals surface area contributed by atoms with Crippen molar-refractivity contribution in [1.82, 2.24) is 4.98 Å². The lowest BCUT2D eigenvalue weighted by Crippen LogP contribution is -2.27. The van der Waals surface area contributed by atoms with Crippen molar-refractivity contribution in [3.8, 4) is 0 Å². The van der Waals surface area contributed by atoms with Crippen LogP contribution in [0.25, 0.3) is 0 Å². The number of anilines is 1. The van der Waals surface area contributed by atoms with Crippen molar-refractivity contribution in [2.75, 3.05) is 5.32 Å². The van der Waals surface area contributed by atoms with Gasteiger partial charge >= 0.3 is 6.09 Å². The van der Waals surface area contributed by atoms with Crippen LogP contribution in [0.1, 0.15) is 20.8 Å². The second-order valence-electron chi connectivity index (χ2n) is 4.10. The Hall–Kier alpha value is -1.000. The molecule has 1 aromatic heterocycles. The summed E-state index contributed by atoms with van der Waals surface area (Å²) in [5.74, 6) is 0.295. The summed E-state index contributed by atoms with van der Waals surface area (Å²) in [5.41, 5.74) is -0.555. The van der Waals surface area contributed by atoms with E-state index in [4.69, 9.17) is 27.9 Å². The highest BCUT2D eigenvalue weighted by Crippen LogP contribution is 2.21. The third kappa shape index (κ3) is 4.24. The zero-order chi connectivity index (χ0) is 12.3. The first-order chi connectivity index (χ1) is 7.28. The number of pyridine rings is 1. The fourth-order valence-corrected chi connectivity index (χ4v) is 1.15. The lowest BCUT2D eigenvalue weighted by molar-refractivity contribution is 0.0635. The van der Waals surface area contributed by atoms with Crippen LogP contribution in [0.15, 0.2) is 12.1 Å². The number of nitrogens with one attached hydrogen (secondary N) is 1. The Kier molecular flexibility index (Phi) is 3.99. The van der Waals surface area contributed by atoms with Crippen LogP contribution in [0.5, 0.6) is 0 Å². The number of aromatic nitrogens is 1. The van der Waals surface area contributed by atoms with Gasteiger partial charge in [-0.3, -0.25) is 5.32 Å². The van der Waals surface area contributed by atoms with Crippen molar-refractivity contribution in [1.29, 1.82) is 0 Å². The summed E-state index contributed by atoms with van der Waals surface area (Å²) in [6.45, 7) is 5.32. The summed E-state index contributed by atoms with van der Waals surface area (Å²) < 4.78 is 5.05. The van der Waals surface area contributed by atoms with E-state index < -0.39 is 11.7 Å². The van der Waals surface area contributed by atoms with Gasteiger partial charge in [-0.05, 0) is 32.9 Å². The Morgan fingerprint density at radius 1 is 1.38 bits per heavy atom. The van der Waals surface area contributed by atoms with Crippen LogP contribution in [0.3, 0.4) is 0 Å². The predicted molar refractivity (Wildman–Crippen MR) is 64.1 cm³/mol. The Balaban J connectivity index is 2.67. The molecule has 1 N–H and O–H groups in total. The van der Waals surface area contributed by atoms with Gasteiger partial charge in [0.05, 0.1) is 5.02 Å². The maximum absolute atomic E-state index is 11.4. The highest BCUT2D eigenvalue weighted by atomic mass is 35.5. The van der Waals surface area contributed by atoms with Crippen LogP contribution in [0.4, 0.5) is 10.6 Å². The van der Waals surface area contributed by atoms with E-state index in [0.717, 1.165) is 0 Å². The van der Waals surface area contributed by atoms with Gasteiger partial charge in [0.15, 0.2) is 0 Å². The first kappa shape index (κ1) is 13.1. The number of nitrogens with zero attached hydrogens (tertiary/aromatic N) is 1. The third-order valence-electron chi connectivity index (χ3n) is 1.43. The van der Waals surface area contributed by atoms with E-state index in [0.29, 0.717) is 10.8 Å². The molecule has 6 heteroatoms. The smallest absolute Gasteiger partial charge is 0.413 e. The fourth-order valence-electron chi connectivity index (χ4n) is 0.895. The minimum atomic E-state index is -0.585. The summed E-state index contributed by atoms with van der Waals surface area (Å²) in [6, 6.07) is 3.09. The number of halogens is 2. The van der Waals surface area contributed by atoms with Gasteiger partial charge in [0.2, 0.25) is 0 Å². The average Bonchev–Trinajstić information content (AvgIpc) is 2.08. The van der Waals surface area contributed by atoms with E-state index >= 15 is 0 Å². The summed E-state index contributed by atoms with van der Waals surface area (Å²) in [4.78, 5) is 15.2. The van der Waals surface area contributed by atoms with Crippen molar-refractivity contribution < 1.29 is 9.53 Å². The molecule has 0 fully saturated rings. The largest absolute Gasteiger partial charge is 0.444 e. The predicted octanol–water partition coefficient (Wildman–Crippen LogP) is 3.74. The van der Waals surface area contributed by atoms with E-state index in [2.05, 4.69) is 10.3 Å². The fraction of sp³-hybridized carbons (Fsp3) is 0.400. The molecule has 0 atom stereocenters. The van der Waals surface area contributed by atoms with Crippen LogP contribution in [-0.4, -0.2) is 16.7 Å². The van der Waals surface area contributed by atoms with E-state index in [1.54, 1.807) is 26.8 Å². The zero-order valence-electron chi connectivity index (χ0n) is 9.17. The zero-order valence-corrected chi connectivity index (χ0v) is 10.7. The van der Waals surface area contributed by atoms with Crippen LogP contribution < -0.4 is 5.32 Å². The average molecular weight is 263 g/mol. The molecule has 0 aromatic carbocycles. The topological polar surface area (TPSA) is 51.2 Å². The lowest BCUT2D eigenvalue weighted by Gasteiger charge is -2.19. The molecule has 4 nitrogen and oxygen atoms in total. The van der Waals surface area contributed by atoms with Crippen LogP contribution >= 0.6 is 23.2 Å². The van der Waals surface area contributed by atoms with E-state index in [1.807, 2.05) is 0 Å². The van der Waals surface area contributed by atoms with E-state index in [-0.39, 0.29) is 5.15 Å². The molecular weight excluding hydrogens is 251 g/mol. The number of hydrogen-bond acceptors (Lipinski definition) is 3. The van der Waals surface area contributed by atoms with Crippen LogP contribution in [0.2, 0.25) is 10.2 Å². The number of hydrogen-bond donors (Lipinski definition) is 1. The van der Waals surface area contributed by atoms with Gasteiger partial charge in [-0.25, -0.2) is 9.78 Å². The quantitative estimate of drug-likeness (QED) is 0.785. The molecule has 0 saturated heterocycles. The SMILES string of the molecule is CC(C)(C)OC(=O)Nc1ccc(Cl)c(Cl)n1. The Morgan fingerprint density at radius 2 is 2.00 bits per heavy atom. The number of rotatable bonds is 1. The lowest BCUT2D eigenvalue weighted by atomic mass is 10.2. The summed E-state index contributed by atoms with van der Waals surface area (Å²) in [7, 11) is 0. The molecule has 0 unspecified atom stereocenters. The molecule has 1 heterocycles. The normalized spacial score (nSPS) is 11.1. The molecule has 0 aliphatic carbocycles. The molecule has 88 valence electrons. The first-order valence-corrected chi connectivity index (χ1v) is 5.35. The monoisotopic (exact) mass is 262 g/mol. The van der Waals surface area contributed by atoms with Crippen molar-refractivity contribution >= 4 is 35.1 Å². The molecule has 0 bridgehead atoms. The summed E-state index contributed by atoms with van der Waals surface area (Å²) in [6.07, 6.45) is -0.585. The van der Waals surface area contributed by atoms with Gasteiger partial charge in [-0.15, -0.1) is 0 Å². The maximum atomic E-state index is 11.4. The Labute approximate surface area is 104 Å². The molecular formula is C10H12Cl2N2O2. The molecule has 0 spiro atoms.